The standard InChI is InChI=1S/C11H17NS/c1-11(2,3)9-7-13-10(12-9)8-5-4-6-8/h7-8H,4-6H2,1-3H3. The summed E-state index contributed by atoms with van der Waals surface area (Å²) in [5.74, 6) is 0.793. The number of aromatic nitrogens is 1. The van der Waals surface area contributed by atoms with Crippen LogP contribution in [-0.4, -0.2) is 4.98 Å². The van der Waals surface area contributed by atoms with Crippen molar-refractivity contribution in [3.05, 3.63) is 16.1 Å². The molecule has 0 aromatic carbocycles. The first-order valence-corrected chi connectivity index (χ1v) is 5.91. The van der Waals surface area contributed by atoms with Gasteiger partial charge in [0.2, 0.25) is 0 Å². The van der Waals surface area contributed by atoms with Crippen molar-refractivity contribution in [2.45, 2.75) is 51.4 Å². The molecule has 1 aliphatic carbocycles. The minimum atomic E-state index is 0.221. The second-order valence-electron chi connectivity index (χ2n) is 4.95. The lowest BCUT2D eigenvalue weighted by Gasteiger charge is -2.23. The second-order valence-corrected chi connectivity index (χ2v) is 5.84. The molecule has 0 aliphatic heterocycles. The SMILES string of the molecule is CC(C)(C)c1csc(C2CCC2)n1. The van der Waals surface area contributed by atoms with Crippen molar-refractivity contribution in [2.24, 2.45) is 0 Å². The van der Waals surface area contributed by atoms with E-state index in [0.717, 1.165) is 5.92 Å². The number of hydrogen-bond acceptors (Lipinski definition) is 2. The highest BCUT2D eigenvalue weighted by molar-refractivity contribution is 7.09. The van der Waals surface area contributed by atoms with Crippen molar-refractivity contribution in [1.29, 1.82) is 0 Å². The lowest BCUT2D eigenvalue weighted by Crippen LogP contribution is -2.13. The van der Waals surface area contributed by atoms with Gasteiger partial charge in [-0.15, -0.1) is 11.3 Å². The zero-order valence-corrected chi connectivity index (χ0v) is 9.45. The maximum atomic E-state index is 4.72. The predicted octanol–water partition coefficient (Wildman–Crippen LogP) is 3.71. The summed E-state index contributed by atoms with van der Waals surface area (Å²) in [5, 5.41) is 3.60. The third-order valence-corrected chi connectivity index (χ3v) is 3.75. The van der Waals surface area contributed by atoms with Crippen molar-refractivity contribution in [3.63, 3.8) is 0 Å². The molecule has 0 N–H and O–H groups in total. The maximum Gasteiger partial charge on any atom is 0.0959 e. The van der Waals surface area contributed by atoms with Crippen molar-refractivity contribution in [1.82, 2.24) is 4.98 Å². The van der Waals surface area contributed by atoms with Gasteiger partial charge in [0, 0.05) is 16.7 Å². The van der Waals surface area contributed by atoms with Crippen LogP contribution in [0.3, 0.4) is 0 Å². The highest BCUT2D eigenvalue weighted by Gasteiger charge is 2.25. The van der Waals surface area contributed by atoms with Crippen LogP contribution in [0.5, 0.6) is 0 Å². The number of rotatable bonds is 1. The van der Waals surface area contributed by atoms with E-state index in [9.17, 15) is 0 Å². The van der Waals surface area contributed by atoms with Crippen molar-refractivity contribution < 1.29 is 0 Å². The normalized spacial score (nSPS) is 18.7. The third-order valence-electron chi connectivity index (χ3n) is 2.74. The molecule has 13 heavy (non-hydrogen) atoms. The number of thiazole rings is 1. The Bertz CT molecular complexity index is 291. The molecule has 2 rings (SSSR count). The first-order valence-electron chi connectivity index (χ1n) is 5.03. The Labute approximate surface area is 84.2 Å². The van der Waals surface area contributed by atoms with E-state index in [4.69, 9.17) is 4.98 Å². The predicted molar refractivity (Wildman–Crippen MR) is 57.4 cm³/mol. The Morgan fingerprint density at radius 1 is 1.38 bits per heavy atom. The largest absolute Gasteiger partial charge is 0.245 e. The first-order chi connectivity index (χ1) is 6.07. The van der Waals surface area contributed by atoms with E-state index >= 15 is 0 Å². The van der Waals surface area contributed by atoms with Crippen LogP contribution in [0.25, 0.3) is 0 Å². The summed E-state index contributed by atoms with van der Waals surface area (Å²) >= 11 is 1.85. The summed E-state index contributed by atoms with van der Waals surface area (Å²) in [5.41, 5.74) is 1.48. The van der Waals surface area contributed by atoms with Gasteiger partial charge in [-0.25, -0.2) is 4.98 Å². The van der Waals surface area contributed by atoms with Crippen LogP contribution >= 0.6 is 11.3 Å². The van der Waals surface area contributed by atoms with Gasteiger partial charge in [0.25, 0.3) is 0 Å². The molecule has 72 valence electrons. The van der Waals surface area contributed by atoms with E-state index in [1.165, 1.54) is 30.0 Å². The highest BCUT2D eigenvalue weighted by Crippen LogP contribution is 2.39. The number of hydrogen-bond donors (Lipinski definition) is 0. The van der Waals surface area contributed by atoms with E-state index < -0.39 is 0 Å². The fourth-order valence-electron chi connectivity index (χ4n) is 1.47. The average Bonchev–Trinajstić information content (AvgIpc) is 2.29. The van der Waals surface area contributed by atoms with Crippen LogP contribution in [-0.2, 0) is 5.41 Å². The van der Waals surface area contributed by atoms with Gasteiger partial charge in [0.1, 0.15) is 0 Å². The van der Waals surface area contributed by atoms with Crippen LogP contribution in [0, 0.1) is 0 Å². The lowest BCUT2D eigenvalue weighted by atomic mass is 9.86. The molecule has 0 amide bonds. The van der Waals surface area contributed by atoms with E-state index in [-0.39, 0.29) is 5.41 Å². The monoisotopic (exact) mass is 195 g/mol. The minimum absolute atomic E-state index is 0.221. The molecule has 0 saturated heterocycles. The van der Waals surface area contributed by atoms with Crippen LogP contribution in [0.1, 0.15) is 56.7 Å². The zero-order chi connectivity index (χ0) is 9.47. The van der Waals surface area contributed by atoms with Gasteiger partial charge >= 0.3 is 0 Å². The molecule has 2 heteroatoms. The van der Waals surface area contributed by atoms with Gasteiger partial charge in [-0.3, -0.25) is 0 Å². The summed E-state index contributed by atoms with van der Waals surface area (Å²) in [4.78, 5) is 4.72. The lowest BCUT2D eigenvalue weighted by molar-refractivity contribution is 0.416. The first kappa shape index (κ1) is 9.20. The Hall–Kier alpha value is -0.370. The second kappa shape index (κ2) is 3.09. The summed E-state index contributed by atoms with van der Waals surface area (Å²) in [7, 11) is 0. The Morgan fingerprint density at radius 3 is 2.46 bits per heavy atom. The molecular weight excluding hydrogens is 178 g/mol. The Balaban J connectivity index is 2.17. The molecular formula is C11H17NS. The Morgan fingerprint density at radius 2 is 2.08 bits per heavy atom. The van der Waals surface area contributed by atoms with Crippen molar-refractivity contribution in [3.8, 4) is 0 Å². The van der Waals surface area contributed by atoms with Crippen LogP contribution < -0.4 is 0 Å². The van der Waals surface area contributed by atoms with E-state index in [0.29, 0.717) is 0 Å². The Kier molecular flexibility index (Phi) is 2.18. The summed E-state index contributed by atoms with van der Waals surface area (Å²) in [6.07, 6.45) is 4.11. The van der Waals surface area contributed by atoms with Gasteiger partial charge in [-0.05, 0) is 12.8 Å². The fraction of sp³-hybridized carbons (Fsp3) is 0.727. The van der Waals surface area contributed by atoms with Gasteiger partial charge < -0.3 is 0 Å². The molecule has 0 spiro atoms. The van der Waals surface area contributed by atoms with E-state index in [1.807, 2.05) is 11.3 Å². The van der Waals surface area contributed by atoms with Gasteiger partial charge in [-0.1, -0.05) is 27.2 Å². The molecule has 0 radical (unpaired) electrons. The smallest absolute Gasteiger partial charge is 0.0959 e. The van der Waals surface area contributed by atoms with Crippen LogP contribution in [0.2, 0.25) is 0 Å². The third kappa shape index (κ3) is 1.78. The molecule has 1 aromatic rings. The van der Waals surface area contributed by atoms with Crippen molar-refractivity contribution >= 4 is 11.3 Å². The summed E-state index contributed by atoms with van der Waals surface area (Å²) in [6.45, 7) is 6.69. The zero-order valence-electron chi connectivity index (χ0n) is 8.63. The molecule has 0 bridgehead atoms. The van der Waals surface area contributed by atoms with Gasteiger partial charge in [0.05, 0.1) is 10.7 Å². The maximum absolute atomic E-state index is 4.72. The molecule has 1 saturated carbocycles. The summed E-state index contributed by atoms with van der Waals surface area (Å²) in [6, 6.07) is 0. The number of nitrogens with zero attached hydrogens (tertiary/aromatic N) is 1. The quantitative estimate of drug-likeness (QED) is 0.665. The topological polar surface area (TPSA) is 12.9 Å². The molecule has 0 atom stereocenters. The van der Waals surface area contributed by atoms with Crippen LogP contribution in [0.4, 0.5) is 0 Å². The highest BCUT2D eigenvalue weighted by atomic mass is 32.1. The van der Waals surface area contributed by atoms with Gasteiger partial charge in [0.15, 0.2) is 0 Å². The summed E-state index contributed by atoms with van der Waals surface area (Å²) < 4.78 is 0. The van der Waals surface area contributed by atoms with Crippen LogP contribution in [0.15, 0.2) is 5.38 Å². The molecule has 1 aromatic heterocycles. The average molecular weight is 195 g/mol. The van der Waals surface area contributed by atoms with Gasteiger partial charge in [-0.2, -0.15) is 0 Å². The molecule has 1 fully saturated rings. The molecule has 1 heterocycles. The van der Waals surface area contributed by atoms with E-state index in [1.54, 1.807) is 0 Å². The fourth-order valence-corrected chi connectivity index (χ4v) is 2.69. The van der Waals surface area contributed by atoms with E-state index in [2.05, 4.69) is 26.2 Å². The molecule has 1 aliphatic rings. The molecule has 1 nitrogen and oxygen atoms in total. The van der Waals surface area contributed by atoms with Crippen molar-refractivity contribution in [2.75, 3.05) is 0 Å². The minimum Gasteiger partial charge on any atom is -0.245 e. The molecule has 0 unspecified atom stereocenters.